The summed E-state index contributed by atoms with van der Waals surface area (Å²) in [6.45, 7) is 1.97. The summed E-state index contributed by atoms with van der Waals surface area (Å²) in [6, 6.07) is 7.47. The predicted molar refractivity (Wildman–Crippen MR) is 72.5 cm³/mol. The first-order valence-electron chi connectivity index (χ1n) is 6.14. The number of nitro benzene ring substituents is 1. The largest absolute Gasteiger partial charge is 0.306 e. The summed E-state index contributed by atoms with van der Waals surface area (Å²) in [4.78, 5) is 14.3. The van der Waals surface area contributed by atoms with Gasteiger partial charge in [0, 0.05) is 31.0 Å². The lowest BCUT2D eigenvalue weighted by atomic mass is 10.1. The van der Waals surface area contributed by atoms with Crippen LogP contribution in [0.3, 0.4) is 0 Å². The van der Waals surface area contributed by atoms with Crippen molar-refractivity contribution in [3.8, 4) is 0 Å². The Labute approximate surface area is 115 Å². The van der Waals surface area contributed by atoms with Crippen LogP contribution >= 0.6 is 0 Å². The number of nitro groups is 1. The molecule has 6 heteroatoms. The van der Waals surface area contributed by atoms with Crippen LogP contribution in [0.2, 0.25) is 0 Å². The molecule has 0 saturated carbocycles. The van der Waals surface area contributed by atoms with Gasteiger partial charge >= 0.3 is 0 Å². The summed E-state index contributed by atoms with van der Waals surface area (Å²) in [5, 5.41) is 14.0. The molecule has 0 radical (unpaired) electrons. The lowest BCUT2D eigenvalue weighted by molar-refractivity contribution is -0.385. The summed E-state index contributed by atoms with van der Waals surface area (Å²) in [7, 11) is 0. The van der Waals surface area contributed by atoms with Crippen LogP contribution in [0.25, 0.3) is 0 Å². The normalized spacial score (nSPS) is 12.1. The number of nitrogens with zero attached hydrogens (tertiary/aromatic N) is 2. The zero-order chi connectivity index (χ0) is 14.5. The fraction of sp³-hybridized carbons (Fsp3) is 0.214. The molecule has 104 valence electrons. The Kier molecular flexibility index (Phi) is 4.37. The number of halogens is 1. The van der Waals surface area contributed by atoms with Gasteiger partial charge in [0.25, 0.3) is 5.69 Å². The van der Waals surface area contributed by atoms with E-state index in [0.29, 0.717) is 0 Å². The molecule has 2 rings (SSSR count). The molecule has 0 aliphatic carbocycles. The van der Waals surface area contributed by atoms with Crippen LogP contribution in [-0.2, 0) is 6.54 Å². The van der Waals surface area contributed by atoms with E-state index in [9.17, 15) is 14.5 Å². The fourth-order valence-electron chi connectivity index (χ4n) is 1.90. The lowest BCUT2D eigenvalue weighted by Gasteiger charge is -2.14. The molecule has 1 atom stereocenters. The molecular weight excluding hydrogens is 261 g/mol. The van der Waals surface area contributed by atoms with Gasteiger partial charge in [-0.15, -0.1) is 0 Å². The second-order valence-corrected chi connectivity index (χ2v) is 4.38. The zero-order valence-corrected chi connectivity index (χ0v) is 10.9. The van der Waals surface area contributed by atoms with Gasteiger partial charge in [-0.05, 0) is 24.6 Å². The summed E-state index contributed by atoms with van der Waals surface area (Å²) in [5.74, 6) is -0.579. The highest BCUT2D eigenvalue weighted by atomic mass is 19.1. The molecule has 0 bridgehead atoms. The van der Waals surface area contributed by atoms with Gasteiger partial charge in [-0.2, -0.15) is 0 Å². The Bertz CT molecular complexity index is 605. The zero-order valence-electron chi connectivity index (χ0n) is 10.9. The molecule has 0 amide bonds. The Morgan fingerprint density at radius 2 is 2.20 bits per heavy atom. The standard InChI is InChI=1S/C14H14FN3O2/c1-10(11-4-3-7-16-8-11)17-9-12-13(15)5-2-6-14(12)18(19)20/h2-8,10,17H,9H2,1H3/t10-/m0/s1. The van der Waals surface area contributed by atoms with Crippen molar-refractivity contribution in [2.45, 2.75) is 19.5 Å². The molecule has 0 fully saturated rings. The monoisotopic (exact) mass is 275 g/mol. The Hall–Kier alpha value is -2.34. The van der Waals surface area contributed by atoms with Gasteiger partial charge in [0.15, 0.2) is 0 Å². The maximum Gasteiger partial charge on any atom is 0.276 e. The minimum Gasteiger partial charge on any atom is -0.306 e. The molecule has 0 aliphatic heterocycles. The van der Waals surface area contributed by atoms with Gasteiger partial charge in [-0.25, -0.2) is 4.39 Å². The van der Waals surface area contributed by atoms with Gasteiger partial charge in [0.1, 0.15) is 5.82 Å². The summed E-state index contributed by atoms with van der Waals surface area (Å²) in [5.41, 5.74) is 0.788. The van der Waals surface area contributed by atoms with Crippen molar-refractivity contribution in [2.75, 3.05) is 0 Å². The van der Waals surface area contributed by atoms with Crippen molar-refractivity contribution in [1.82, 2.24) is 10.3 Å². The number of hydrogen-bond donors (Lipinski definition) is 1. The van der Waals surface area contributed by atoms with Crippen molar-refractivity contribution in [3.05, 3.63) is 69.8 Å². The van der Waals surface area contributed by atoms with E-state index in [0.717, 1.165) is 5.56 Å². The van der Waals surface area contributed by atoms with E-state index in [2.05, 4.69) is 10.3 Å². The van der Waals surface area contributed by atoms with Gasteiger partial charge in [0.05, 0.1) is 10.5 Å². The van der Waals surface area contributed by atoms with Crippen molar-refractivity contribution in [3.63, 3.8) is 0 Å². The number of nitrogens with one attached hydrogen (secondary N) is 1. The van der Waals surface area contributed by atoms with E-state index in [-0.39, 0.29) is 23.8 Å². The minimum absolute atomic E-state index is 0.0632. The third-order valence-corrected chi connectivity index (χ3v) is 3.06. The van der Waals surface area contributed by atoms with E-state index >= 15 is 0 Å². The van der Waals surface area contributed by atoms with E-state index in [4.69, 9.17) is 0 Å². The Morgan fingerprint density at radius 1 is 1.40 bits per heavy atom. The molecular formula is C14H14FN3O2. The van der Waals surface area contributed by atoms with Gasteiger partial charge in [-0.1, -0.05) is 12.1 Å². The van der Waals surface area contributed by atoms with Crippen LogP contribution in [0.4, 0.5) is 10.1 Å². The van der Waals surface area contributed by atoms with Crippen LogP contribution in [0, 0.1) is 15.9 Å². The highest BCUT2D eigenvalue weighted by Gasteiger charge is 2.18. The average molecular weight is 275 g/mol. The molecule has 0 spiro atoms. The van der Waals surface area contributed by atoms with Gasteiger partial charge in [0.2, 0.25) is 0 Å². The third-order valence-electron chi connectivity index (χ3n) is 3.06. The molecule has 1 aromatic carbocycles. The van der Waals surface area contributed by atoms with Gasteiger partial charge in [-0.3, -0.25) is 15.1 Å². The first kappa shape index (κ1) is 14.1. The number of rotatable bonds is 5. The first-order valence-corrected chi connectivity index (χ1v) is 6.14. The predicted octanol–water partition coefficient (Wildman–Crippen LogP) is 2.98. The molecule has 1 N–H and O–H groups in total. The summed E-state index contributed by atoms with van der Waals surface area (Å²) >= 11 is 0. The minimum atomic E-state index is -0.579. The highest BCUT2D eigenvalue weighted by molar-refractivity contribution is 5.40. The second-order valence-electron chi connectivity index (χ2n) is 4.38. The molecule has 2 aromatic rings. The molecule has 0 aliphatic rings. The molecule has 1 aromatic heterocycles. The number of hydrogen-bond acceptors (Lipinski definition) is 4. The highest BCUT2D eigenvalue weighted by Crippen LogP contribution is 2.22. The first-order chi connectivity index (χ1) is 9.59. The lowest BCUT2D eigenvalue weighted by Crippen LogP contribution is -2.19. The summed E-state index contributed by atoms with van der Waals surface area (Å²) in [6.07, 6.45) is 3.37. The summed E-state index contributed by atoms with van der Waals surface area (Å²) < 4.78 is 13.7. The van der Waals surface area contributed by atoms with E-state index in [1.54, 1.807) is 18.5 Å². The van der Waals surface area contributed by atoms with Crippen molar-refractivity contribution < 1.29 is 9.31 Å². The maximum absolute atomic E-state index is 13.7. The number of pyridine rings is 1. The molecule has 5 nitrogen and oxygen atoms in total. The quantitative estimate of drug-likeness (QED) is 0.672. The van der Waals surface area contributed by atoms with Crippen LogP contribution in [-0.4, -0.2) is 9.91 Å². The van der Waals surface area contributed by atoms with Crippen molar-refractivity contribution in [1.29, 1.82) is 0 Å². The van der Waals surface area contributed by atoms with Crippen LogP contribution in [0.5, 0.6) is 0 Å². The smallest absolute Gasteiger partial charge is 0.276 e. The van der Waals surface area contributed by atoms with Gasteiger partial charge < -0.3 is 5.32 Å². The van der Waals surface area contributed by atoms with Crippen LogP contribution in [0.1, 0.15) is 24.1 Å². The Balaban J connectivity index is 2.13. The fourth-order valence-corrected chi connectivity index (χ4v) is 1.90. The molecule has 20 heavy (non-hydrogen) atoms. The molecule has 0 saturated heterocycles. The number of aromatic nitrogens is 1. The molecule has 1 heterocycles. The Morgan fingerprint density at radius 3 is 2.85 bits per heavy atom. The van der Waals surface area contributed by atoms with Crippen LogP contribution < -0.4 is 5.32 Å². The van der Waals surface area contributed by atoms with Crippen LogP contribution in [0.15, 0.2) is 42.7 Å². The van der Waals surface area contributed by atoms with E-state index in [1.807, 2.05) is 13.0 Å². The topological polar surface area (TPSA) is 68.1 Å². The van der Waals surface area contributed by atoms with Crippen molar-refractivity contribution in [2.24, 2.45) is 0 Å². The maximum atomic E-state index is 13.7. The number of benzene rings is 1. The second kappa shape index (κ2) is 6.21. The SMILES string of the molecule is C[C@H](NCc1c(F)cccc1[N+](=O)[O-])c1cccnc1. The average Bonchev–Trinajstić information content (AvgIpc) is 2.46. The van der Waals surface area contributed by atoms with Crippen molar-refractivity contribution >= 4 is 5.69 Å². The molecule has 0 unspecified atom stereocenters. The van der Waals surface area contributed by atoms with E-state index in [1.165, 1.54) is 18.2 Å². The third kappa shape index (κ3) is 3.16. The van der Waals surface area contributed by atoms with E-state index < -0.39 is 10.7 Å².